The van der Waals surface area contributed by atoms with Crippen LogP contribution in [0.3, 0.4) is 0 Å². The standard InChI is InChI=1S/C11H12N6O4/c1-2-10(12)11-6-15(14-13-11)7-3-8(16(18)19)5-9(4-7)17(20)21/h3-6,10H,2,12H2,1H3. The minimum Gasteiger partial charge on any atom is -0.323 e. The van der Waals surface area contributed by atoms with Gasteiger partial charge in [0, 0.05) is 12.1 Å². The highest BCUT2D eigenvalue weighted by molar-refractivity contribution is 5.52. The van der Waals surface area contributed by atoms with Gasteiger partial charge in [0.05, 0.1) is 39.5 Å². The fraction of sp³-hybridized carbons (Fsp3) is 0.273. The summed E-state index contributed by atoms with van der Waals surface area (Å²) < 4.78 is 1.23. The lowest BCUT2D eigenvalue weighted by atomic mass is 10.2. The molecule has 0 amide bonds. The molecule has 0 spiro atoms. The lowest BCUT2D eigenvalue weighted by molar-refractivity contribution is -0.394. The van der Waals surface area contributed by atoms with Gasteiger partial charge in [-0.05, 0) is 6.42 Å². The molecule has 0 bridgehead atoms. The first-order chi connectivity index (χ1) is 9.92. The summed E-state index contributed by atoms with van der Waals surface area (Å²) in [6.45, 7) is 1.88. The van der Waals surface area contributed by atoms with Crippen LogP contribution in [0.2, 0.25) is 0 Å². The topological polar surface area (TPSA) is 143 Å². The number of aromatic nitrogens is 3. The maximum absolute atomic E-state index is 10.8. The fourth-order valence-electron chi connectivity index (χ4n) is 1.70. The Kier molecular flexibility index (Phi) is 3.89. The van der Waals surface area contributed by atoms with Gasteiger partial charge in [-0.3, -0.25) is 20.2 Å². The summed E-state index contributed by atoms with van der Waals surface area (Å²) in [7, 11) is 0. The summed E-state index contributed by atoms with van der Waals surface area (Å²) in [4.78, 5) is 20.3. The van der Waals surface area contributed by atoms with Gasteiger partial charge in [-0.2, -0.15) is 0 Å². The molecular weight excluding hydrogens is 280 g/mol. The predicted octanol–water partition coefficient (Wildman–Crippen LogP) is 1.49. The Morgan fingerprint density at radius 2 is 1.81 bits per heavy atom. The number of non-ortho nitro benzene ring substituents is 2. The number of hydrogen-bond acceptors (Lipinski definition) is 7. The van der Waals surface area contributed by atoms with Crippen molar-refractivity contribution in [2.75, 3.05) is 0 Å². The molecule has 10 heteroatoms. The fourth-order valence-corrected chi connectivity index (χ4v) is 1.70. The molecule has 0 aliphatic carbocycles. The number of nitro benzene ring substituents is 2. The van der Waals surface area contributed by atoms with Crippen LogP contribution in [-0.4, -0.2) is 24.8 Å². The van der Waals surface area contributed by atoms with Crippen molar-refractivity contribution in [1.82, 2.24) is 15.0 Å². The zero-order chi connectivity index (χ0) is 15.6. The quantitative estimate of drug-likeness (QED) is 0.649. The van der Waals surface area contributed by atoms with Gasteiger partial charge in [0.2, 0.25) is 0 Å². The number of nitrogens with zero attached hydrogens (tertiary/aromatic N) is 5. The molecular formula is C11H12N6O4. The number of hydrogen-bond donors (Lipinski definition) is 1. The minimum atomic E-state index is -0.702. The van der Waals surface area contributed by atoms with Crippen LogP contribution in [0.25, 0.3) is 5.69 Å². The van der Waals surface area contributed by atoms with Gasteiger partial charge >= 0.3 is 0 Å². The second kappa shape index (κ2) is 5.63. The Hall–Kier alpha value is -2.88. The summed E-state index contributed by atoms with van der Waals surface area (Å²) in [5.41, 5.74) is 5.71. The van der Waals surface area contributed by atoms with Crippen molar-refractivity contribution in [2.45, 2.75) is 19.4 Å². The van der Waals surface area contributed by atoms with Crippen molar-refractivity contribution in [3.8, 4) is 5.69 Å². The number of nitrogens with two attached hydrogens (primary N) is 1. The van der Waals surface area contributed by atoms with E-state index >= 15 is 0 Å². The average Bonchev–Trinajstić information content (AvgIpc) is 2.95. The summed E-state index contributed by atoms with van der Waals surface area (Å²) in [6, 6.07) is 2.94. The van der Waals surface area contributed by atoms with Crippen molar-refractivity contribution in [1.29, 1.82) is 0 Å². The van der Waals surface area contributed by atoms with Crippen LogP contribution in [0.1, 0.15) is 25.1 Å². The molecule has 1 unspecified atom stereocenters. The lowest BCUT2D eigenvalue weighted by Crippen LogP contribution is -2.08. The van der Waals surface area contributed by atoms with Crippen LogP contribution < -0.4 is 5.73 Å². The Labute approximate surface area is 118 Å². The molecule has 1 aromatic heterocycles. The van der Waals surface area contributed by atoms with E-state index in [2.05, 4.69) is 10.3 Å². The van der Waals surface area contributed by atoms with Crippen molar-refractivity contribution in [3.63, 3.8) is 0 Å². The van der Waals surface area contributed by atoms with E-state index < -0.39 is 21.2 Å². The van der Waals surface area contributed by atoms with Crippen LogP contribution in [0.5, 0.6) is 0 Å². The van der Waals surface area contributed by atoms with Gasteiger partial charge in [-0.25, -0.2) is 4.68 Å². The molecule has 2 rings (SSSR count). The second-order valence-electron chi connectivity index (χ2n) is 4.32. The van der Waals surface area contributed by atoms with Gasteiger partial charge < -0.3 is 5.73 Å². The summed E-state index contributed by atoms with van der Waals surface area (Å²) in [5.74, 6) is 0. The molecule has 2 N–H and O–H groups in total. The Balaban J connectivity index is 2.50. The summed E-state index contributed by atoms with van der Waals surface area (Å²) in [5, 5.41) is 29.3. The first kappa shape index (κ1) is 14.5. The van der Waals surface area contributed by atoms with Crippen LogP contribution in [0.4, 0.5) is 11.4 Å². The highest BCUT2D eigenvalue weighted by Crippen LogP contribution is 2.25. The first-order valence-corrected chi connectivity index (χ1v) is 6.04. The third-order valence-corrected chi connectivity index (χ3v) is 2.90. The van der Waals surface area contributed by atoms with Gasteiger partial charge in [0.1, 0.15) is 0 Å². The van der Waals surface area contributed by atoms with E-state index in [-0.39, 0.29) is 11.7 Å². The number of rotatable bonds is 5. The molecule has 1 aromatic carbocycles. The van der Waals surface area contributed by atoms with Crippen LogP contribution in [0.15, 0.2) is 24.4 Å². The molecule has 21 heavy (non-hydrogen) atoms. The van der Waals surface area contributed by atoms with Crippen molar-refractivity contribution >= 4 is 11.4 Å². The highest BCUT2D eigenvalue weighted by atomic mass is 16.6. The van der Waals surface area contributed by atoms with Crippen LogP contribution in [-0.2, 0) is 0 Å². The predicted molar refractivity (Wildman–Crippen MR) is 71.9 cm³/mol. The van der Waals surface area contributed by atoms with Gasteiger partial charge in [0.15, 0.2) is 0 Å². The molecule has 0 saturated carbocycles. The van der Waals surface area contributed by atoms with Crippen LogP contribution >= 0.6 is 0 Å². The third-order valence-electron chi connectivity index (χ3n) is 2.90. The van der Waals surface area contributed by atoms with E-state index in [1.807, 2.05) is 6.92 Å². The molecule has 1 heterocycles. The molecule has 10 nitrogen and oxygen atoms in total. The SMILES string of the molecule is CCC(N)c1cn(-c2cc([N+](=O)[O-])cc([N+](=O)[O-])c2)nn1. The first-order valence-electron chi connectivity index (χ1n) is 6.04. The normalized spacial score (nSPS) is 12.1. The van der Waals surface area contributed by atoms with E-state index in [0.29, 0.717) is 12.1 Å². The van der Waals surface area contributed by atoms with Gasteiger partial charge in [-0.1, -0.05) is 12.1 Å². The highest BCUT2D eigenvalue weighted by Gasteiger charge is 2.18. The smallest absolute Gasteiger partial charge is 0.278 e. The van der Waals surface area contributed by atoms with E-state index in [4.69, 9.17) is 5.73 Å². The molecule has 0 fully saturated rings. The Morgan fingerprint density at radius 1 is 1.24 bits per heavy atom. The largest absolute Gasteiger partial charge is 0.323 e. The minimum absolute atomic E-state index is 0.179. The van der Waals surface area contributed by atoms with E-state index in [1.54, 1.807) is 0 Å². The average molecular weight is 292 g/mol. The monoisotopic (exact) mass is 292 g/mol. The molecule has 110 valence electrons. The maximum Gasteiger partial charge on any atom is 0.278 e. The Bertz CT molecular complexity index is 666. The van der Waals surface area contributed by atoms with E-state index in [1.165, 1.54) is 23.0 Å². The zero-order valence-corrected chi connectivity index (χ0v) is 11.0. The van der Waals surface area contributed by atoms with Gasteiger partial charge in [0.25, 0.3) is 11.4 Å². The van der Waals surface area contributed by atoms with Gasteiger partial charge in [-0.15, -0.1) is 5.10 Å². The van der Waals surface area contributed by atoms with Crippen molar-refractivity contribution in [2.24, 2.45) is 5.73 Å². The summed E-state index contributed by atoms with van der Waals surface area (Å²) >= 11 is 0. The number of nitro groups is 2. The van der Waals surface area contributed by atoms with Crippen LogP contribution in [0, 0.1) is 20.2 Å². The number of benzene rings is 1. The molecule has 0 aliphatic rings. The molecule has 0 radical (unpaired) electrons. The molecule has 0 saturated heterocycles. The van der Waals surface area contributed by atoms with Crippen molar-refractivity contribution in [3.05, 3.63) is 50.3 Å². The lowest BCUT2D eigenvalue weighted by Gasteiger charge is -2.02. The van der Waals surface area contributed by atoms with Crippen molar-refractivity contribution < 1.29 is 9.85 Å². The van der Waals surface area contributed by atoms with E-state index in [0.717, 1.165) is 6.07 Å². The Morgan fingerprint density at radius 3 is 2.29 bits per heavy atom. The second-order valence-corrected chi connectivity index (χ2v) is 4.32. The third kappa shape index (κ3) is 3.00. The maximum atomic E-state index is 10.8. The molecule has 2 aromatic rings. The van der Waals surface area contributed by atoms with E-state index in [9.17, 15) is 20.2 Å². The molecule has 1 atom stereocenters. The molecule has 0 aliphatic heterocycles. The zero-order valence-electron chi connectivity index (χ0n) is 11.0. The summed E-state index contributed by atoms with van der Waals surface area (Å²) in [6.07, 6.45) is 2.14.